The van der Waals surface area contributed by atoms with Crippen LogP contribution in [-0.4, -0.2) is 39.3 Å². The highest BCUT2D eigenvalue weighted by Crippen LogP contribution is 2.30. The van der Waals surface area contributed by atoms with Crippen molar-refractivity contribution in [3.05, 3.63) is 0 Å². The van der Waals surface area contributed by atoms with Crippen LogP contribution in [0.5, 0.6) is 0 Å². The molecule has 0 saturated carbocycles. The van der Waals surface area contributed by atoms with E-state index >= 15 is 0 Å². The van der Waals surface area contributed by atoms with Crippen LogP contribution in [0.25, 0.3) is 0 Å². The van der Waals surface area contributed by atoms with E-state index in [1.807, 2.05) is 0 Å². The second kappa shape index (κ2) is 6.71. The zero-order valence-electron chi connectivity index (χ0n) is 13.1. The molecule has 1 amide bonds. The maximum atomic E-state index is 12.6. The zero-order chi connectivity index (χ0) is 14.5. The summed E-state index contributed by atoms with van der Waals surface area (Å²) < 4.78 is 5.30. The van der Waals surface area contributed by atoms with E-state index < -0.39 is 0 Å². The molecular weight excluding hydrogens is 240 g/mol. The molecule has 0 radical (unpaired) electrons. The molecular formula is C15H30N2O2. The minimum absolute atomic E-state index is 0.122. The number of nitrogens with one attached hydrogen (secondary N) is 2. The Bertz CT molecular complexity index is 289. The van der Waals surface area contributed by atoms with Crippen molar-refractivity contribution in [2.24, 2.45) is 16.7 Å². The van der Waals surface area contributed by atoms with E-state index in [-0.39, 0.29) is 16.7 Å². The van der Waals surface area contributed by atoms with Crippen molar-refractivity contribution in [1.82, 2.24) is 10.6 Å². The standard InChI is InChI=1S/C15H30N2O2/c1-12(2)14(3,4)10-17-13(18)15(11-19-5)6-8-16-9-7-15/h12,16H,6-11H2,1-5H3,(H,17,18). The van der Waals surface area contributed by atoms with E-state index in [1.165, 1.54) is 0 Å². The van der Waals surface area contributed by atoms with E-state index in [4.69, 9.17) is 4.74 Å². The van der Waals surface area contributed by atoms with Crippen molar-refractivity contribution < 1.29 is 9.53 Å². The Morgan fingerprint density at radius 1 is 1.37 bits per heavy atom. The lowest BCUT2D eigenvalue weighted by Gasteiger charge is -2.37. The quantitative estimate of drug-likeness (QED) is 0.774. The molecule has 0 bridgehead atoms. The van der Waals surface area contributed by atoms with Gasteiger partial charge in [-0.3, -0.25) is 4.79 Å². The summed E-state index contributed by atoms with van der Waals surface area (Å²) in [5, 5.41) is 6.46. The first kappa shape index (κ1) is 16.4. The van der Waals surface area contributed by atoms with Crippen molar-refractivity contribution in [2.75, 3.05) is 33.4 Å². The Hall–Kier alpha value is -0.610. The van der Waals surface area contributed by atoms with Crippen LogP contribution in [0.15, 0.2) is 0 Å². The number of carbonyl (C=O) groups excluding carboxylic acids is 1. The highest BCUT2D eigenvalue weighted by molar-refractivity contribution is 5.83. The van der Waals surface area contributed by atoms with Crippen molar-refractivity contribution in [2.45, 2.75) is 40.5 Å². The van der Waals surface area contributed by atoms with Gasteiger partial charge >= 0.3 is 0 Å². The molecule has 112 valence electrons. The summed E-state index contributed by atoms with van der Waals surface area (Å²) in [7, 11) is 1.68. The third-order valence-corrected chi connectivity index (χ3v) is 4.73. The van der Waals surface area contributed by atoms with Crippen molar-refractivity contribution in [3.8, 4) is 0 Å². The van der Waals surface area contributed by atoms with Gasteiger partial charge < -0.3 is 15.4 Å². The smallest absolute Gasteiger partial charge is 0.228 e. The maximum absolute atomic E-state index is 12.6. The van der Waals surface area contributed by atoms with Gasteiger partial charge in [0, 0.05) is 13.7 Å². The van der Waals surface area contributed by atoms with Crippen molar-refractivity contribution in [1.29, 1.82) is 0 Å². The number of rotatable bonds is 6. The maximum Gasteiger partial charge on any atom is 0.228 e. The molecule has 1 aliphatic rings. The number of ether oxygens (including phenoxy) is 1. The summed E-state index contributed by atoms with van der Waals surface area (Å²) in [6.07, 6.45) is 1.71. The highest BCUT2D eigenvalue weighted by atomic mass is 16.5. The van der Waals surface area contributed by atoms with Crippen LogP contribution in [-0.2, 0) is 9.53 Å². The van der Waals surface area contributed by atoms with Crippen LogP contribution in [0.1, 0.15) is 40.5 Å². The van der Waals surface area contributed by atoms with Gasteiger partial charge in [-0.15, -0.1) is 0 Å². The van der Waals surface area contributed by atoms with Gasteiger partial charge in [0.2, 0.25) is 5.91 Å². The molecule has 2 N–H and O–H groups in total. The zero-order valence-corrected chi connectivity index (χ0v) is 13.1. The molecule has 0 aromatic rings. The molecule has 0 atom stereocenters. The van der Waals surface area contributed by atoms with Crippen LogP contribution < -0.4 is 10.6 Å². The fraction of sp³-hybridized carbons (Fsp3) is 0.933. The second-order valence-electron chi connectivity index (χ2n) is 6.79. The average molecular weight is 270 g/mol. The molecule has 4 heteroatoms. The number of methoxy groups -OCH3 is 1. The van der Waals surface area contributed by atoms with Gasteiger partial charge in [0.25, 0.3) is 0 Å². The number of piperidine rings is 1. The Morgan fingerprint density at radius 2 is 1.95 bits per heavy atom. The summed E-state index contributed by atoms with van der Waals surface area (Å²) in [6, 6.07) is 0. The lowest BCUT2D eigenvalue weighted by atomic mass is 9.77. The molecule has 1 saturated heterocycles. The number of hydrogen-bond donors (Lipinski definition) is 2. The summed E-state index contributed by atoms with van der Waals surface area (Å²) in [6.45, 7) is 11.8. The first-order chi connectivity index (χ1) is 8.84. The molecule has 1 heterocycles. The van der Waals surface area contributed by atoms with Crippen LogP contribution in [0.3, 0.4) is 0 Å². The van der Waals surface area contributed by atoms with E-state index in [1.54, 1.807) is 7.11 Å². The third-order valence-electron chi connectivity index (χ3n) is 4.73. The lowest BCUT2D eigenvalue weighted by Crippen LogP contribution is -2.52. The molecule has 1 aliphatic heterocycles. The summed E-state index contributed by atoms with van der Waals surface area (Å²) in [4.78, 5) is 12.6. The fourth-order valence-corrected chi connectivity index (χ4v) is 2.32. The molecule has 0 aromatic heterocycles. The van der Waals surface area contributed by atoms with Crippen LogP contribution in [0.2, 0.25) is 0 Å². The Balaban J connectivity index is 2.63. The van der Waals surface area contributed by atoms with Crippen molar-refractivity contribution in [3.63, 3.8) is 0 Å². The van der Waals surface area contributed by atoms with Crippen LogP contribution in [0, 0.1) is 16.7 Å². The molecule has 0 aromatic carbocycles. The lowest BCUT2D eigenvalue weighted by molar-refractivity contribution is -0.136. The number of amides is 1. The predicted octanol–water partition coefficient (Wildman–Crippen LogP) is 1.80. The molecule has 19 heavy (non-hydrogen) atoms. The third kappa shape index (κ3) is 4.18. The SMILES string of the molecule is COCC1(C(=O)NCC(C)(C)C(C)C)CCNCC1. The van der Waals surface area contributed by atoms with Gasteiger partial charge in [-0.05, 0) is 37.3 Å². The van der Waals surface area contributed by atoms with Gasteiger partial charge in [-0.1, -0.05) is 27.7 Å². The first-order valence-electron chi connectivity index (χ1n) is 7.32. The monoisotopic (exact) mass is 270 g/mol. The normalized spacial score (nSPS) is 19.5. The first-order valence-corrected chi connectivity index (χ1v) is 7.32. The summed E-state index contributed by atoms with van der Waals surface area (Å²) in [5.74, 6) is 0.698. The van der Waals surface area contributed by atoms with E-state index in [0.717, 1.165) is 32.5 Å². The fourth-order valence-electron chi connectivity index (χ4n) is 2.32. The van der Waals surface area contributed by atoms with Gasteiger partial charge in [0.1, 0.15) is 0 Å². The second-order valence-corrected chi connectivity index (χ2v) is 6.79. The average Bonchev–Trinajstić information content (AvgIpc) is 2.37. The molecule has 1 fully saturated rings. The van der Waals surface area contributed by atoms with Gasteiger partial charge in [0.05, 0.1) is 12.0 Å². The molecule has 0 aliphatic carbocycles. The van der Waals surface area contributed by atoms with E-state index in [2.05, 4.69) is 38.3 Å². The molecule has 0 spiro atoms. The Kier molecular flexibility index (Phi) is 5.81. The number of hydrogen-bond acceptors (Lipinski definition) is 3. The summed E-state index contributed by atoms with van der Waals surface area (Å²) >= 11 is 0. The highest BCUT2D eigenvalue weighted by Gasteiger charge is 2.40. The summed E-state index contributed by atoms with van der Waals surface area (Å²) in [5.41, 5.74) is -0.218. The molecule has 1 rings (SSSR count). The van der Waals surface area contributed by atoms with Gasteiger partial charge in [-0.2, -0.15) is 0 Å². The van der Waals surface area contributed by atoms with Crippen LogP contribution >= 0.6 is 0 Å². The van der Waals surface area contributed by atoms with Gasteiger partial charge in [0.15, 0.2) is 0 Å². The predicted molar refractivity (Wildman–Crippen MR) is 78.0 cm³/mol. The Morgan fingerprint density at radius 3 is 2.42 bits per heavy atom. The minimum atomic E-state index is -0.340. The van der Waals surface area contributed by atoms with Gasteiger partial charge in [-0.25, -0.2) is 0 Å². The molecule has 0 unspecified atom stereocenters. The van der Waals surface area contributed by atoms with Crippen LogP contribution in [0.4, 0.5) is 0 Å². The number of carbonyl (C=O) groups is 1. The van der Waals surface area contributed by atoms with Crippen molar-refractivity contribution >= 4 is 5.91 Å². The minimum Gasteiger partial charge on any atom is -0.384 e. The largest absolute Gasteiger partial charge is 0.384 e. The Labute approximate surface area is 117 Å². The topological polar surface area (TPSA) is 50.4 Å². The van der Waals surface area contributed by atoms with E-state index in [0.29, 0.717) is 12.5 Å². The van der Waals surface area contributed by atoms with E-state index in [9.17, 15) is 4.79 Å². The molecule has 4 nitrogen and oxygen atoms in total.